The summed E-state index contributed by atoms with van der Waals surface area (Å²) in [5.74, 6) is 0. The van der Waals surface area contributed by atoms with E-state index >= 15 is 0 Å². The van der Waals surface area contributed by atoms with Crippen LogP contribution in [0.2, 0.25) is 0 Å². The lowest BCUT2D eigenvalue weighted by Gasteiger charge is -2.12. The average Bonchev–Trinajstić information content (AvgIpc) is 2.08. The standard InChI is InChI=1S/C8H6BI3/c1-3-6(10)4(2)8(12)5(9)7(3)11/h1-2H3. The minimum atomic E-state index is 0.923. The van der Waals surface area contributed by atoms with Gasteiger partial charge in [0.15, 0.2) is 0 Å². The molecule has 0 aromatic heterocycles. The highest BCUT2D eigenvalue weighted by atomic mass is 127. The van der Waals surface area contributed by atoms with Crippen LogP contribution in [0.1, 0.15) is 11.1 Å². The molecule has 0 saturated heterocycles. The SMILES string of the molecule is [B]c1c(I)c(C)c(I)c(C)c1I. The second kappa shape index (κ2) is 4.33. The predicted molar refractivity (Wildman–Crippen MR) is 79.5 cm³/mol. The minimum Gasteiger partial charge on any atom is -0.0699 e. The van der Waals surface area contributed by atoms with Crippen molar-refractivity contribution in [3.63, 3.8) is 0 Å². The van der Waals surface area contributed by atoms with Gasteiger partial charge < -0.3 is 0 Å². The molecule has 0 atom stereocenters. The Labute approximate surface area is 115 Å². The Balaban J connectivity index is 3.60. The van der Waals surface area contributed by atoms with Crippen LogP contribution in [0.3, 0.4) is 0 Å². The van der Waals surface area contributed by atoms with Crippen molar-refractivity contribution in [3.05, 3.63) is 21.8 Å². The molecule has 2 radical (unpaired) electrons. The molecule has 0 saturated carbocycles. The molecule has 1 aromatic carbocycles. The van der Waals surface area contributed by atoms with E-state index in [-0.39, 0.29) is 0 Å². The molecule has 0 heterocycles. The largest absolute Gasteiger partial charge is 0.116 e. The summed E-state index contributed by atoms with van der Waals surface area (Å²) in [7, 11) is 5.93. The highest BCUT2D eigenvalue weighted by molar-refractivity contribution is 14.1. The van der Waals surface area contributed by atoms with Gasteiger partial charge >= 0.3 is 0 Å². The number of hydrogen-bond acceptors (Lipinski definition) is 0. The fourth-order valence-electron chi connectivity index (χ4n) is 0.974. The van der Waals surface area contributed by atoms with Crippen LogP contribution in [-0.2, 0) is 0 Å². The third-order valence-electron chi connectivity index (χ3n) is 1.79. The maximum Gasteiger partial charge on any atom is 0.116 e. The first-order valence-electron chi connectivity index (χ1n) is 3.36. The molecule has 62 valence electrons. The first-order chi connectivity index (χ1) is 5.46. The zero-order valence-electron chi connectivity index (χ0n) is 6.71. The molecule has 0 unspecified atom stereocenters. The van der Waals surface area contributed by atoms with Crippen LogP contribution in [-0.4, -0.2) is 7.85 Å². The lowest BCUT2D eigenvalue weighted by molar-refractivity contribution is 1.31. The zero-order chi connectivity index (χ0) is 9.46. The summed E-state index contributed by atoms with van der Waals surface area (Å²) in [5.41, 5.74) is 3.52. The molecule has 0 nitrogen and oxygen atoms in total. The van der Waals surface area contributed by atoms with E-state index in [0.717, 1.165) is 5.46 Å². The van der Waals surface area contributed by atoms with Crippen molar-refractivity contribution in [1.29, 1.82) is 0 Å². The van der Waals surface area contributed by atoms with Crippen LogP contribution in [0.4, 0.5) is 0 Å². The smallest absolute Gasteiger partial charge is 0.0699 e. The van der Waals surface area contributed by atoms with Crippen molar-refractivity contribution in [2.45, 2.75) is 13.8 Å². The van der Waals surface area contributed by atoms with Crippen LogP contribution in [0, 0.1) is 24.6 Å². The summed E-state index contributed by atoms with van der Waals surface area (Å²) in [5, 5.41) is 0. The molecule has 0 N–H and O–H groups in total. The average molecular weight is 494 g/mol. The van der Waals surface area contributed by atoms with Gasteiger partial charge in [0.2, 0.25) is 0 Å². The Bertz CT molecular complexity index is 229. The molecule has 0 spiro atoms. The first-order valence-corrected chi connectivity index (χ1v) is 6.59. The summed E-state index contributed by atoms with van der Waals surface area (Å²) < 4.78 is 3.70. The van der Waals surface area contributed by atoms with E-state index in [1.807, 2.05) is 0 Å². The Morgan fingerprint density at radius 3 is 1.50 bits per heavy atom. The van der Waals surface area contributed by atoms with Gasteiger partial charge in [-0.05, 0) is 92.7 Å². The molecule has 0 amide bonds. The minimum absolute atomic E-state index is 0.923. The van der Waals surface area contributed by atoms with Crippen molar-refractivity contribution >= 4 is 81.1 Å². The van der Waals surface area contributed by atoms with E-state index in [1.54, 1.807) is 0 Å². The molecule has 1 aromatic rings. The van der Waals surface area contributed by atoms with Crippen molar-refractivity contribution in [2.24, 2.45) is 0 Å². The van der Waals surface area contributed by atoms with Gasteiger partial charge in [-0.2, -0.15) is 0 Å². The van der Waals surface area contributed by atoms with Crippen molar-refractivity contribution in [3.8, 4) is 0 Å². The summed E-state index contributed by atoms with van der Waals surface area (Å²) in [4.78, 5) is 0. The predicted octanol–water partition coefficient (Wildman–Crippen LogP) is 2.91. The van der Waals surface area contributed by atoms with Crippen LogP contribution in [0.5, 0.6) is 0 Å². The molecule has 0 fully saturated rings. The van der Waals surface area contributed by atoms with E-state index < -0.39 is 0 Å². The summed E-state index contributed by atoms with van der Waals surface area (Å²) in [6, 6.07) is 0. The molecule has 0 aliphatic carbocycles. The Hall–Kier alpha value is 1.47. The quantitative estimate of drug-likeness (QED) is 0.385. The van der Waals surface area contributed by atoms with E-state index in [9.17, 15) is 0 Å². The number of hydrogen-bond donors (Lipinski definition) is 0. The van der Waals surface area contributed by atoms with Crippen LogP contribution >= 0.6 is 67.8 Å². The number of benzene rings is 1. The Kier molecular flexibility index (Phi) is 4.17. The van der Waals surface area contributed by atoms with Gasteiger partial charge in [0.05, 0.1) is 0 Å². The fourth-order valence-corrected chi connectivity index (χ4v) is 4.14. The Morgan fingerprint density at radius 1 is 0.833 bits per heavy atom. The lowest BCUT2D eigenvalue weighted by Crippen LogP contribution is -2.17. The molecular formula is C8H6BI3. The van der Waals surface area contributed by atoms with Gasteiger partial charge in [-0.3, -0.25) is 0 Å². The van der Waals surface area contributed by atoms with Gasteiger partial charge in [0.25, 0.3) is 0 Å². The third-order valence-corrected chi connectivity index (χ3v) is 6.19. The molecule has 0 aliphatic heterocycles. The second-order valence-corrected chi connectivity index (χ2v) is 5.84. The van der Waals surface area contributed by atoms with Gasteiger partial charge in [0, 0.05) is 10.7 Å². The van der Waals surface area contributed by atoms with E-state index in [1.165, 1.54) is 21.8 Å². The van der Waals surface area contributed by atoms with Gasteiger partial charge in [0.1, 0.15) is 7.85 Å². The van der Waals surface area contributed by atoms with E-state index in [4.69, 9.17) is 7.85 Å². The molecule has 1 rings (SSSR count). The molecule has 4 heteroatoms. The third kappa shape index (κ3) is 1.94. The topological polar surface area (TPSA) is 0 Å². The molecule has 12 heavy (non-hydrogen) atoms. The second-order valence-electron chi connectivity index (χ2n) is 2.61. The highest BCUT2D eigenvalue weighted by Crippen LogP contribution is 2.23. The zero-order valence-corrected chi connectivity index (χ0v) is 13.2. The van der Waals surface area contributed by atoms with Crippen LogP contribution in [0.25, 0.3) is 0 Å². The van der Waals surface area contributed by atoms with Gasteiger partial charge in [-0.15, -0.1) is 0 Å². The molecule has 0 aliphatic rings. The number of halogens is 3. The fraction of sp³-hybridized carbons (Fsp3) is 0.250. The monoisotopic (exact) mass is 494 g/mol. The van der Waals surface area contributed by atoms with Crippen molar-refractivity contribution in [1.82, 2.24) is 0 Å². The lowest BCUT2D eigenvalue weighted by atomic mass is 9.93. The van der Waals surface area contributed by atoms with Gasteiger partial charge in [-0.1, -0.05) is 5.46 Å². The molecule has 0 bridgehead atoms. The summed E-state index contributed by atoms with van der Waals surface area (Å²) in [6.07, 6.45) is 0. The summed E-state index contributed by atoms with van der Waals surface area (Å²) in [6.45, 7) is 4.23. The highest BCUT2D eigenvalue weighted by Gasteiger charge is 2.10. The van der Waals surface area contributed by atoms with Crippen molar-refractivity contribution in [2.75, 3.05) is 0 Å². The maximum atomic E-state index is 5.93. The van der Waals surface area contributed by atoms with E-state index in [0.29, 0.717) is 0 Å². The first kappa shape index (κ1) is 11.5. The van der Waals surface area contributed by atoms with Crippen LogP contribution < -0.4 is 5.46 Å². The van der Waals surface area contributed by atoms with Gasteiger partial charge in [-0.25, -0.2) is 0 Å². The van der Waals surface area contributed by atoms with Crippen molar-refractivity contribution < 1.29 is 0 Å². The Morgan fingerprint density at radius 2 is 1.17 bits per heavy atom. The van der Waals surface area contributed by atoms with Crippen LogP contribution in [0.15, 0.2) is 0 Å². The summed E-state index contributed by atoms with van der Waals surface area (Å²) >= 11 is 6.98. The number of rotatable bonds is 0. The molecular weight excluding hydrogens is 488 g/mol. The maximum absolute atomic E-state index is 5.93. The normalized spacial score (nSPS) is 10.4. The van der Waals surface area contributed by atoms with E-state index in [2.05, 4.69) is 81.6 Å².